The molecule has 9 nitrogen and oxygen atoms in total. The van der Waals surface area contributed by atoms with Crippen LogP contribution in [0, 0.1) is 18.2 Å². The number of aryl methyl sites for hydroxylation is 4. The zero-order valence-corrected chi connectivity index (χ0v) is 18.5. The lowest BCUT2D eigenvalue weighted by molar-refractivity contribution is 0.370. The van der Waals surface area contributed by atoms with Crippen LogP contribution in [-0.2, 0) is 37.5 Å². The van der Waals surface area contributed by atoms with Crippen molar-refractivity contribution in [2.75, 3.05) is 6.16 Å². The first kappa shape index (κ1) is 23.7. The van der Waals surface area contributed by atoms with Crippen molar-refractivity contribution < 1.29 is 18.7 Å². The van der Waals surface area contributed by atoms with Crippen molar-refractivity contribution in [2.45, 2.75) is 38.8 Å². The smallest absolute Gasteiger partial charge is 0.325 e. The Kier molecular flexibility index (Phi) is 7.14. The number of terminal acetylenes is 1. The summed E-state index contributed by atoms with van der Waals surface area (Å²) in [4.78, 5) is 48.4. The van der Waals surface area contributed by atoms with Crippen molar-refractivity contribution in [1.29, 1.82) is 0 Å². The SMILES string of the molecule is C#CCn1c(=O)c2c(nc(CCc3ccccc3F)n2C)n(CCCCP(=O)(O)O)c1=O. The van der Waals surface area contributed by atoms with Crippen molar-refractivity contribution in [1.82, 2.24) is 18.7 Å². The third-order valence-electron chi connectivity index (χ3n) is 5.24. The van der Waals surface area contributed by atoms with Crippen LogP contribution >= 0.6 is 7.60 Å². The summed E-state index contributed by atoms with van der Waals surface area (Å²) in [6, 6.07) is 6.39. The molecule has 1 aromatic carbocycles. The summed E-state index contributed by atoms with van der Waals surface area (Å²) < 4.78 is 28.9. The highest BCUT2D eigenvalue weighted by atomic mass is 31.2. The van der Waals surface area contributed by atoms with E-state index in [9.17, 15) is 18.5 Å². The first-order valence-electron chi connectivity index (χ1n) is 10.0. The fraction of sp³-hybridized carbons (Fsp3) is 0.381. The van der Waals surface area contributed by atoms with Gasteiger partial charge in [0.25, 0.3) is 5.56 Å². The summed E-state index contributed by atoms with van der Waals surface area (Å²) in [7, 11) is -2.49. The molecule has 0 unspecified atom stereocenters. The van der Waals surface area contributed by atoms with Crippen molar-refractivity contribution >= 4 is 18.8 Å². The number of aromatic nitrogens is 4. The Balaban J connectivity index is 2.01. The van der Waals surface area contributed by atoms with E-state index in [-0.39, 0.29) is 42.7 Å². The van der Waals surface area contributed by atoms with Gasteiger partial charge >= 0.3 is 13.3 Å². The average Bonchev–Trinajstić information content (AvgIpc) is 3.05. The first-order chi connectivity index (χ1) is 15.1. The van der Waals surface area contributed by atoms with Crippen molar-refractivity contribution in [2.24, 2.45) is 7.05 Å². The number of hydrogen-bond acceptors (Lipinski definition) is 4. The maximum Gasteiger partial charge on any atom is 0.333 e. The lowest BCUT2D eigenvalue weighted by Crippen LogP contribution is -2.40. The second-order valence-electron chi connectivity index (χ2n) is 7.48. The van der Waals surface area contributed by atoms with Gasteiger partial charge < -0.3 is 14.4 Å². The van der Waals surface area contributed by atoms with Crippen molar-refractivity contribution in [3.05, 3.63) is 62.3 Å². The molecule has 0 aliphatic heterocycles. The Morgan fingerprint density at radius 3 is 2.53 bits per heavy atom. The second kappa shape index (κ2) is 9.65. The minimum absolute atomic E-state index is 0.115. The van der Waals surface area contributed by atoms with E-state index in [4.69, 9.17) is 16.2 Å². The van der Waals surface area contributed by atoms with Gasteiger partial charge in [0.2, 0.25) is 0 Å². The summed E-state index contributed by atoms with van der Waals surface area (Å²) >= 11 is 0. The molecule has 0 aliphatic rings. The molecule has 0 saturated heterocycles. The van der Waals surface area contributed by atoms with Gasteiger partial charge in [-0.25, -0.2) is 18.7 Å². The van der Waals surface area contributed by atoms with E-state index in [2.05, 4.69) is 10.9 Å². The molecule has 0 aliphatic carbocycles. The zero-order chi connectivity index (χ0) is 23.5. The predicted octanol–water partition coefficient (Wildman–Crippen LogP) is 1.41. The molecular formula is C21H24FN4O5P. The van der Waals surface area contributed by atoms with Gasteiger partial charge in [-0.05, 0) is 30.9 Å². The average molecular weight is 462 g/mol. The Labute approximate surface area is 183 Å². The Morgan fingerprint density at radius 2 is 1.88 bits per heavy atom. The van der Waals surface area contributed by atoms with Crippen LogP contribution in [0.25, 0.3) is 11.2 Å². The molecule has 11 heteroatoms. The van der Waals surface area contributed by atoms with Crippen LogP contribution in [0.5, 0.6) is 0 Å². The third-order valence-corrected chi connectivity index (χ3v) is 6.14. The van der Waals surface area contributed by atoms with Gasteiger partial charge in [0.05, 0.1) is 6.54 Å². The lowest BCUT2D eigenvalue weighted by atomic mass is 10.1. The van der Waals surface area contributed by atoms with E-state index in [1.165, 1.54) is 10.6 Å². The number of fused-ring (bicyclic) bond motifs is 1. The molecule has 0 bridgehead atoms. The molecule has 170 valence electrons. The molecule has 2 aromatic heterocycles. The zero-order valence-electron chi connectivity index (χ0n) is 17.6. The Morgan fingerprint density at radius 1 is 1.16 bits per heavy atom. The minimum Gasteiger partial charge on any atom is -0.325 e. The summed E-state index contributed by atoms with van der Waals surface area (Å²) in [5.41, 5.74) is -0.315. The van der Waals surface area contributed by atoms with E-state index in [1.807, 2.05) is 0 Å². The van der Waals surface area contributed by atoms with Crippen LogP contribution in [0.4, 0.5) is 4.39 Å². The number of hydrogen-bond donors (Lipinski definition) is 2. The van der Waals surface area contributed by atoms with Crippen LogP contribution in [0.15, 0.2) is 33.9 Å². The Hall–Kier alpha value is -2.99. The highest BCUT2D eigenvalue weighted by molar-refractivity contribution is 7.51. The molecular weight excluding hydrogens is 438 g/mol. The maximum absolute atomic E-state index is 14.0. The molecule has 32 heavy (non-hydrogen) atoms. The number of imidazole rings is 1. The van der Waals surface area contributed by atoms with E-state index in [0.29, 0.717) is 30.7 Å². The maximum atomic E-state index is 14.0. The number of benzene rings is 1. The summed E-state index contributed by atoms with van der Waals surface area (Å²) in [6.45, 7) is -0.101. The molecule has 0 radical (unpaired) electrons. The molecule has 3 aromatic rings. The summed E-state index contributed by atoms with van der Waals surface area (Å²) in [6.07, 6.45) is 6.22. The lowest BCUT2D eigenvalue weighted by Gasteiger charge is -2.10. The number of rotatable bonds is 9. The van der Waals surface area contributed by atoms with Gasteiger partial charge in [0, 0.05) is 26.2 Å². The Bertz CT molecular complexity index is 1350. The largest absolute Gasteiger partial charge is 0.333 e. The first-order valence-corrected chi connectivity index (χ1v) is 11.8. The normalized spacial score (nSPS) is 11.7. The van der Waals surface area contributed by atoms with Crippen LogP contribution in [0.2, 0.25) is 0 Å². The fourth-order valence-electron chi connectivity index (χ4n) is 3.60. The predicted molar refractivity (Wildman–Crippen MR) is 118 cm³/mol. The molecule has 3 rings (SSSR count). The summed E-state index contributed by atoms with van der Waals surface area (Å²) in [5.74, 6) is 2.47. The third kappa shape index (κ3) is 5.07. The number of unbranched alkanes of at least 4 members (excludes halogenated alkanes) is 1. The molecule has 0 atom stereocenters. The minimum atomic E-state index is -4.14. The van der Waals surface area contributed by atoms with Gasteiger partial charge in [-0.15, -0.1) is 6.42 Å². The van der Waals surface area contributed by atoms with E-state index >= 15 is 0 Å². The molecule has 0 amide bonds. The van der Waals surface area contributed by atoms with E-state index in [0.717, 1.165) is 4.57 Å². The summed E-state index contributed by atoms with van der Waals surface area (Å²) in [5, 5.41) is 0. The van der Waals surface area contributed by atoms with Crippen molar-refractivity contribution in [3.8, 4) is 12.3 Å². The number of nitrogens with zero attached hydrogens (tertiary/aromatic N) is 4. The van der Waals surface area contributed by atoms with Crippen LogP contribution < -0.4 is 11.2 Å². The van der Waals surface area contributed by atoms with Crippen LogP contribution in [0.3, 0.4) is 0 Å². The topological polar surface area (TPSA) is 119 Å². The van der Waals surface area contributed by atoms with Gasteiger partial charge in [-0.2, -0.15) is 0 Å². The second-order valence-corrected chi connectivity index (χ2v) is 9.25. The van der Waals surface area contributed by atoms with Crippen molar-refractivity contribution in [3.63, 3.8) is 0 Å². The molecule has 0 saturated carbocycles. The highest BCUT2D eigenvalue weighted by Crippen LogP contribution is 2.35. The quantitative estimate of drug-likeness (QED) is 0.282. The van der Waals surface area contributed by atoms with E-state index in [1.54, 1.807) is 29.8 Å². The monoisotopic (exact) mass is 462 g/mol. The van der Waals surface area contributed by atoms with Crippen LogP contribution in [-0.4, -0.2) is 34.6 Å². The standard InChI is InChI=1S/C21H24FN4O5P/c1-3-12-26-20(27)18-19(25(21(26)28)13-6-7-14-32(29,30)31)23-17(24(18)2)11-10-15-8-4-5-9-16(15)22/h1,4-5,8-9H,6-7,10-14H2,2H3,(H2,29,30,31). The fourth-order valence-corrected chi connectivity index (χ4v) is 4.23. The van der Waals surface area contributed by atoms with Gasteiger partial charge in [0.1, 0.15) is 11.6 Å². The molecule has 0 fully saturated rings. The molecule has 0 spiro atoms. The number of halogens is 1. The van der Waals surface area contributed by atoms with Gasteiger partial charge in [0.15, 0.2) is 11.2 Å². The van der Waals surface area contributed by atoms with E-state index < -0.39 is 18.8 Å². The molecule has 2 heterocycles. The highest BCUT2D eigenvalue weighted by Gasteiger charge is 2.20. The molecule has 2 N–H and O–H groups in total. The van der Waals surface area contributed by atoms with Gasteiger partial charge in [-0.1, -0.05) is 24.1 Å². The van der Waals surface area contributed by atoms with Gasteiger partial charge in [-0.3, -0.25) is 13.9 Å². The van der Waals surface area contributed by atoms with Crippen LogP contribution in [0.1, 0.15) is 24.2 Å².